The lowest BCUT2D eigenvalue weighted by Crippen LogP contribution is -2.48. The van der Waals surface area contributed by atoms with E-state index in [9.17, 15) is 14.4 Å². The number of likely N-dealkylation sites (N-methyl/N-ethyl adjacent to an activating group) is 1. The van der Waals surface area contributed by atoms with Gasteiger partial charge in [0.1, 0.15) is 17.7 Å². The molecule has 0 aliphatic carbocycles. The first kappa shape index (κ1) is 34.3. The van der Waals surface area contributed by atoms with Gasteiger partial charge in [0.25, 0.3) is 0 Å². The van der Waals surface area contributed by atoms with Gasteiger partial charge in [-0.25, -0.2) is 14.8 Å². The van der Waals surface area contributed by atoms with Crippen LogP contribution in [0.3, 0.4) is 0 Å². The van der Waals surface area contributed by atoms with Gasteiger partial charge < -0.3 is 35.1 Å². The Bertz CT molecular complexity index is 2110. The van der Waals surface area contributed by atoms with Gasteiger partial charge >= 0.3 is 6.09 Å². The van der Waals surface area contributed by atoms with E-state index in [0.717, 1.165) is 67.3 Å². The molecule has 0 spiro atoms. The lowest BCUT2D eigenvalue weighted by molar-refractivity contribution is -0.133. The number of ether oxygens (including phenoxy) is 1. The van der Waals surface area contributed by atoms with Gasteiger partial charge in [-0.15, -0.1) is 23.7 Å². The quantitative estimate of drug-likeness (QED) is 0.122. The number of alkyl carbamates (subject to hydrolysis) is 1. The SMILES string of the molecule is C#CCC(NC(=O)OC)C(=O)N(CC)Cc1nc2ccc(-c3ccc(-c4ccc5nc(C6CCCN6C(=O)CNC(=C)C)[nH]c5c4)s3)cc2[nH]1. The second-order valence-electron chi connectivity index (χ2n) is 12.3. The fourth-order valence-corrected chi connectivity index (χ4v) is 7.22. The van der Waals surface area contributed by atoms with Crippen molar-refractivity contribution in [2.24, 2.45) is 0 Å². The number of methoxy groups -OCH3 is 1. The molecule has 1 aliphatic heterocycles. The number of carbonyl (C=O) groups excluding carboxylic acids is 3. The third-order valence-electron chi connectivity index (χ3n) is 8.77. The average molecular weight is 693 g/mol. The molecule has 5 aromatic rings. The van der Waals surface area contributed by atoms with E-state index >= 15 is 0 Å². The second kappa shape index (κ2) is 14.9. The van der Waals surface area contributed by atoms with Gasteiger partial charge in [0.15, 0.2) is 0 Å². The molecule has 2 unspecified atom stereocenters. The molecule has 1 saturated heterocycles. The monoisotopic (exact) mass is 692 g/mol. The molecular formula is C37H40N8O4S. The summed E-state index contributed by atoms with van der Waals surface area (Å²) in [5.74, 6) is 3.62. The maximum absolute atomic E-state index is 13.2. The van der Waals surface area contributed by atoms with Crippen LogP contribution in [0.5, 0.6) is 0 Å². The number of carbonyl (C=O) groups is 3. The Balaban J connectivity index is 1.17. The van der Waals surface area contributed by atoms with Gasteiger partial charge in [-0.3, -0.25) is 9.59 Å². The first-order valence-electron chi connectivity index (χ1n) is 16.5. The largest absolute Gasteiger partial charge is 0.453 e. The first-order valence-corrected chi connectivity index (χ1v) is 17.3. The third kappa shape index (κ3) is 7.35. The van der Waals surface area contributed by atoms with E-state index in [1.54, 1.807) is 16.2 Å². The topological polar surface area (TPSA) is 148 Å². The van der Waals surface area contributed by atoms with Crippen LogP contribution in [0, 0.1) is 12.3 Å². The third-order valence-corrected chi connectivity index (χ3v) is 9.95. The van der Waals surface area contributed by atoms with Crippen molar-refractivity contribution in [2.45, 2.75) is 51.7 Å². The molecule has 0 bridgehead atoms. The van der Waals surface area contributed by atoms with Crippen molar-refractivity contribution in [3.63, 3.8) is 0 Å². The summed E-state index contributed by atoms with van der Waals surface area (Å²) >= 11 is 1.69. The lowest BCUT2D eigenvalue weighted by atomic mass is 10.1. The number of nitrogens with one attached hydrogen (secondary N) is 4. The first-order chi connectivity index (χ1) is 24.2. The normalized spacial score (nSPS) is 14.8. The van der Waals surface area contributed by atoms with Crippen molar-refractivity contribution in [1.82, 2.24) is 40.4 Å². The molecule has 258 valence electrons. The molecule has 4 N–H and O–H groups in total. The van der Waals surface area contributed by atoms with Crippen molar-refractivity contribution in [2.75, 3.05) is 26.7 Å². The number of terminal acetylenes is 1. The van der Waals surface area contributed by atoms with E-state index in [1.165, 1.54) is 7.11 Å². The fourth-order valence-electron chi connectivity index (χ4n) is 6.22. The van der Waals surface area contributed by atoms with Crippen molar-refractivity contribution in [3.05, 3.63) is 72.5 Å². The number of amides is 3. The molecule has 1 fully saturated rings. The summed E-state index contributed by atoms with van der Waals surface area (Å²) in [7, 11) is 1.24. The standard InChI is InChI=1S/C37H40N8O4S/c1-6-9-27(43-37(48)49-5)36(47)44(7-2)21-33-39-25-13-11-23(18-28(25)40-33)31-15-16-32(50-31)24-12-14-26-29(19-24)42-35(41-26)30-10-8-17-45(30)34(46)20-38-22(3)4/h1,11-16,18-19,27,30,38H,3,7-10,17,20-21H2,2,4-5H3,(H,39,40)(H,41,42)(H,43,48). The molecular weight excluding hydrogens is 653 g/mol. The number of allylic oxidation sites excluding steroid dienone is 1. The molecule has 12 nitrogen and oxygen atoms in total. The summed E-state index contributed by atoms with van der Waals surface area (Å²) in [4.78, 5) is 60.0. The Morgan fingerprint density at radius 2 is 1.78 bits per heavy atom. The highest BCUT2D eigenvalue weighted by Crippen LogP contribution is 2.37. The minimum absolute atomic E-state index is 0.0451. The minimum Gasteiger partial charge on any atom is -0.453 e. The van der Waals surface area contributed by atoms with Crippen LogP contribution in [0.25, 0.3) is 42.9 Å². The fraction of sp³-hybridized carbons (Fsp3) is 0.324. The molecule has 3 amide bonds. The Kier molecular flexibility index (Phi) is 10.2. The van der Waals surface area contributed by atoms with Gasteiger partial charge in [-0.05, 0) is 74.2 Å². The van der Waals surface area contributed by atoms with Gasteiger partial charge in [-0.1, -0.05) is 18.7 Å². The van der Waals surface area contributed by atoms with Gasteiger partial charge in [0.2, 0.25) is 11.8 Å². The van der Waals surface area contributed by atoms with E-state index in [-0.39, 0.29) is 37.4 Å². The molecule has 6 rings (SSSR count). The lowest BCUT2D eigenvalue weighted by Gasteiger charge is -2.25. The highest BCUT2D eigenvalue weighted by molar-refractivity contribution is 7.18. The van der Waals surface area contributed by atoms with Gasteiger partial charge in [0, 0.05) is 35.0 Å². The number of imidazole rings is 2. The number of aromatic amines is 2. The number of rotatable bonds is 12. The Morgan fingerprint density at radius 1 is 1.10 bits per heavy atom. The van der Waals surface area contributed by atoms with Crippen molar-refractivity contribution < 1.29 is 19.1 Å². The number of likely N-dealkylation sites (tertiary alicyclic amines) is 1. The van der Waals surface area contributed by atoms with Crippen molar-refractivity contribution >= 4 is 51.3 Å². The highest BCUT2D eigenvalue weighted by atomic mass is 32.1. The van der Waals surface area contributed by atoms with E-state index in [4.69, 9.17) is 16.4 Å². The predicted octanol–water partition coefficient (Wildman–Crippen LogP) is 5.72. The van der Waals surface area contributed by atoms with Crippen LogP contribution >= 0.6 is 11.3 Å². The molecule has 50 heavy (non-hydrogen) atoms. The van der Waals surface area contributed by atoms with Gasteiger partial charge in [-0.2, -0.15) is 0 Å². The van der Waals surface area contributed by atoms with Crippen LogP contribution < -0.4 is 10.6 Å². The average Bonchev–Trinajstić information content (AvgIpc) is 3.93. The predicted molar refractivity (Wildman–Crippen MR) is 195 cm³/mol. The zero-order valence-corrected chi connectivity index (χ0v) is 29.2. The summed E-state index contributed by atoms with van der Waals surface area (Å²) in [5.41, 5.74) is 6.33. The Hall–Kier alpha value is -5.61. The summed E-state index contributed by atoms with van der Waals surface area (Å²) in [6.45, 7) is 9.11. The number of thiophene rings is 1. The number of fused-ring (bicyclic) bond motifs is 2. The van der Waals surface area contributed by atoms with Crippen LogP contribution in [0.1, 0.15) is 50.8 Å². The maximum Gasteiger partial charge on any atom is 0.407 e. The second-order valence-corrected chi connectivity index (χ2v) is 13.3. The Labute approximate surface area is 294 Å². The van der Waals surface area contributed by atoms with Crippen LogP contribution in [-0.4, -0.2) is 80.4 Å². The molecule has 13 heteroatoms. The number of benzene rings is 2. The number of aromatic nitrogens is 4. The molecule has 4 heterocycles. The zero-order chi connectivity index (χ0) is 35.4. The molecule has 2 aromatic carbocycles. The van der Waals surface area contributed by atoms with Crippen molar-refractivity contribution in [3.8, 4) is 33.2 Å². The molecule has 3 aromatic heterocycles. The maximum atomic E-state index is 13.2. The molecule has 2 atom stereocenters. The molecule has 1 aliphatic rings. The number of nitrogens with zero attached hydrogens (tertiary/aromatic N) is 4. The van der Waals surface area contributed by atoms with E-state index < -0.39 is 12.1 Å². The molecule has 0 radical (unpaired) electrons. The Morgan fingerprint density at radius 3 is 2.42 bits per heavy atom. The van der Waals surface area contributed by atoms with E-state index in [1.807, 2.05) is 36.9 Å². The number of hydrogen-bond acceptors (Lipinski definition) is 8. The van der Waals surface area contributed by atoms with E-state index in [2.05, 4.69) is 68.2 Å². The van der Waals surface area contributed by atoms with Crippen molar-refractivity contribution in [1.29, 1.82) is 0 Å². The summed E-state index contributed by atoms with van der Waals surface area (Å²) < 4.78 is 4.65. The number of H-pyrrole nitrogens is 2. The summed E-state index contributed by atoms with van der Waals surface area (Å²) in [6.07, 6.45) is 6.59. The molecule has 0 saturated carbocycles. The zero-order valence-electron chi connectivity index (χ0n) is 28.3. The van der Waals surface area contributed by atoms with Gasteiger partial charge in [0.05, 0.1) is 48.3 Å². The summed E-state index contributed by atoms with van der Waals surface area (Å²) in [5, 5.41) is 5.56. The highest BCUT2D eigenvalue weighted by Gasteiger charge is 2.32. The van der Waals surface area contributed by atoms with Crippen LogP contribution in [-0.2, 0) is 20.9 Å². The van der Waals surface area contributed by atoms with Crippen LogP contribution in [0.2, 0.25) is 0 Å². The van der Waals surface area contributed by atoms with E-state index in [0.29, 0.717) is 18.9 Å². The summed E-state index contributed by atoms with van der Waals surface area (Å²) in [6, 6.07) is 15.5. The smallest absolute Gasteiger partial charge is 0.407 e. The van der Waals surface area contributed by atoms with Crippen LogP contribution in [0.15, 0.2) is 60.8 Å². The number of hydrogen-bond donors (Lipinski definition) is 4. The minimum atomic E-state index is -0.893. The van der Waals surface area contributed by atoms with Crippen LogP contribution in [0.4, 0.5) is 4.79 Å².